The normalized spacial score (nSPS) is 20.0. The number of hydrogen-bond acceptors (Lipinski definition) is 6. The number of rotatable bonds is 14. The molecule has 0 saturated carbocycles. The van der Waals surface area contributed by atoms with Crippen LogP contribution >= 0.6 is 0 Å². The summed E-state index contributed by atoms with van der Waals surface area (Å²) in [6.45, 7) is 5.56. The molecule has 2 heterocycles. The molecule has 2 fully saturated rings. The van der Waals surface area contributed by atoms with Crippen molar-refractivity contribution >= 4 is 23.2 Å². The van der Waals surface area contributed by atoms with Gasteiger partial charge >= 0.3 is 0 Å². The molecular weight excluding hydrogens is 516 g/mol. The van der Waals surface area contributed by atoms with Crippen molar-refractivity contribution in [2.24, 2.45) is 5.92 Å². The lowest BCUT2D eigenvalue weighted by Crippen LogP contribution is -2.37. The number of unbranched alkanes of at least 4 members (excludes halogenated alkanes) is 5. The van der Waals surface area contributed by atoms with Crippen molar-refractivity contribution in [2.75, 3.05) is 23.2 Å². The molecule has 3 atom stereocenters. The van der Waals surface area contributed by atoms with Gasteiger partial charge in [-0.1, -0.05) is 76.3 Å². The van der Waals surface area contributed by atoms with Gasteiger partial charge in [0.2, 0.25) is 5.91 Å². The summed E-state index contributed by atoms with van der Waals surface area (Å²) < 4.78 is 11.7. The summed E-state index contributed by atoms with van der Waals surface area (Å²) in [6, 6.07) is 24.1. The first-order valence-electron chi connectivity index (χ1n) is 15.0. The van der Waals surface area contributed by atoms with Crippen molar-refractivity contribution in [1.82, 2.24) is 0 Å². The number of imide groups is 1. The van der Waals surface area contributed by atoms with Gasteiger partial charge in [-0.05, 0) is 66.9 Å². The highest BCUT2D eigenvalue weighted by atomic mass is 16.7. The van der Waals surface area contributed by atoms with E-state index in [0.29, 0.717) is 24.7 Å². The molecule has 0 aromatic heterocycles. The second-order valence-electron chi connectivity index (χ2n) is 10.7. The second-order valence-corrected chi connectivity index (χ2v) is 10.7. The number of benzene rings is 3. The fourth-order valence-corrected chi connectivity index (χ4v) is 5.55. The van der Waals surface area contributed by atoms with Crippen LogP contribution in [0.25, 0.3) is 0 Å². The molecule has 0 radical (unpaired) electrons. The van der Waals surface area contributed by atoms with E-state index in [4.69, 9.17) is 14.3 Å². The maximum absolute atomic E-state index is 13.9. The molecule has 41 heavy (non-hydrogen) atoms. The molecule has 0 bridgehead atoms. The summed E-state index contributed by atoms with van der Waals surface area (Å²) in [5.41, 5.74) is 2.20. The van der Waals surface area contributed by atoms with Gasteiger partial charge in [-0.2, -0.15) is 0 Å². The van der Waals surface area contributed by atoms with Crippen LogP contribution in [-0.4, -0.2) is 31.1 Å². The van der Waals surface area contributed by atoms with E-state index < -0.39 is 18.1 Å². The van der Waals surface area contributed by atoms with Crippen LogP contribution in [0.2, 0.25) is 0 Å². The van der Waals surface area contributed by atoms with Crippen LogP contribution in [0.3, 0.4) is 0 Å². The van der Waals surface area contributed by atoms with Crippen molar-refractivity contribution in [1.29, 1.82) is 0 Å². The number of para-hydroxylation sites is 1. The van der Waals surface area contributed by atoms with Gasteiger partial charge < -0.3 is 9.47 Å². The van der Waals surface area contributed by atoms with Crippen molar-refractivity contribution in [3.63, 3.8) is 0 Å². The number of ether oxygens (including phenoxy) is 2. The van der Waals surface area contributed by atoms with Gasteiger partial charge in [-0.3, -0.25) is 14.4 Å². The number of fused-ring (bicyclic) bond motifs is 1. The van der Waals surface area contributed by atoms with E-state index >= 15 is 0 Å². The van der Waals surface area contributed by atoms with Gasteiger partial charge in [0, 0.05) is 0 Å². The van der Waals surface area contributed by atoms with Gasteiger partial charge in [0.05, 0.1) is 30.6 Å². The minimum absolute atomic E-state index is 0.269. The van der Waals surface area contributed by atoms with E-state index in [1.807, 2.05) is 61.5 Å². The van der Waals surface area contributed by atoms with Crippen molar-refractivity contribution in [3.05, 3.63) is 84.4 Å². The van der Waals surface area contributed by atoms with E-state index in [1.165, 1.54) is 37.0 Å². The molecule has 3 unspecified atom stereocenters. The third kappa shape index (κ3) is 6.41. The van der Waals surface area contributed by atoms with Gasteiger partial charge in [0.1, 0.15) is 17.4 Å². The third-order valence-corrected chi connectivity index (χ3v) is 7.68. The molecular formula is C34H40N2O5. The Bertz CT molecular complexity index is 1280. The Morgan fingerprint density at radius 3 is 1.98 bits per heavy atom. The quantitative estimate of drug-likeness (QED) is 0.154. The predicted molar refractivity (Wildman–Crippen MR) is 160 cm³/mol. The molecule has 2 saturated heterocycles. The first-order valence-corrected chi connectivity index (χ1v) is 15.0. The number of hydroxylamine groups is 1. The van der Waals surface area contributed by atoms with Crippen LogP contribution in [-0.2, 0) is 14.4 Å². The Kier molecular flexibility index (Phi) is 9.57. The number of hydrogen-bond donors (Lipinski definition) is 0. The third-order valence-electron chi connectivity index (χ3n) is 7.68. The number of amides is 2. The van der Waals surface area contributed by atoms with Crippen LogP contribution in [0.1, 0.15) is 70.4 Å². The summed E-state index contributed by atoms with van der Waals surface area (Å²) >= 11 is 0. The molecule has 2 amide bonds. The van der Waals surface area contributed by atoms with Crippen LogP contribution < -0.4 is 19.4 Å². The van der Waals surface area contributed by atoms with Crippen LogP contribution in [0.5, 0.6) is 11.5 Å². The molecule has 5 rings (SSSR count). The highest BCUT2D eigenvalue weighted by molar-refractivity contribution is 6.23. The van der Waals surface area contributed by atoms with Crippen molar-refractivity contribution < 1.29 is 23.9 Å². The smallest absolute Gasteiger partial charge is 0.266 e. The fourth-order valence-electron chi connectivity index (χ4n) is 5.55. The van der Waals surface area contributed by atoms with E-state index in [0.717, 1.165) is 29.8 Å². The van der Waals surface area contributed by atoms with E-state index in [9.17, 15) is 9.59 Å². The minimum Gasteiger partial charge on any atom is -0.494 e. The monoisotopic (exact) mass is 556 g/mol. The van der Waals surface area contributed by atoms with Gasteiger partial charge in [-0.25, -0.2) is 9.96 Å². The minimum atomic E-state index is -0.910. The summed E-state index contributed by atoms with van der Waals surface area (Å²) in [5.74, 6) is 0.190. The highest BCUT2D eigenvalue weighted by Gasteiger charge is 2.60. The summed E-state index contributed by atoms with van der Waals surface area (Å²) in [6.07, 6.45) is 7.27. The second kappa shape index (κ2) is 13.7. The van der Waals surface area contributed by atoms with E-state index in [-0.39, 0.29) is 11.8 Å². The summed E-state index contributed by atoms with van der Waals surface area (Å²) in [4.78, 5) is 35.0. The molecule has 0 aliphatic carbocycles. The molecule has 216 valence electrons. The van der Waals surface area contributed by atoms with E-state index in [1.54, 1.807) is 29.3 Å². The summed E-state index contributed by atoms with van der Waals surface area (Å²) in [5, 5.41) is 1.72. The molecule has 0 spiro atoms. The Morgan fingerprint density at radius 2 is 1.29 bits per heavy atom. The molecule has 3 aromatic carbocycles. The highest BCUT2D eigenvalue weighted by Crippen LogP contribution is 2.47. The number of carbonyl (C=O) groups excluding carboxylic acids is 2. The predicted octanol–water partition coefficient (Wildman–Crippen LogP) is 7.27. The number of nitrogens with zero attached hydrogens (tertiary/aromatic N) is 2. The van der Waals surface area contributed by atoms with Crippen LogP contribution in [0.15, 0.2) is 78.9 Å². The lowest BCUT2D eigenvalue weighted by atomic mass is 9.90. The molecule has 3 aromatic rings. The lowest BCUT2D eigenvalue weighted by molar-refractivity contribution is -0.126. The largest absolute Gasteiger partial charge is 0.494 e. The molecule has 7 nitrogen and oxygen atoms in total. The topological polar surface area (TPSA) is 68.3 Å². The standard InChI is InChI=1S/C34H40N2O5/c1-3-5-6-7-8-12-24-40-28-19-15-25(16-20-28)31-30-32(41-36(31)27-13-10-9-11-14-27)34(38)35(33(30)37)26-17-21-29(22-18-26)39-23-4-2/h9-11,13-22,30-32H,3-8,12,23-24H2,1-2H3. The lowest BCUT2D eigenvalue weighted by Gasteiger charge is -2.29. The number of anilines is 2. The molecule has 0 N–H and O–H groups in total. The first kappa shape index (κ1) is 28.7. The zero-order valence-corrected chi connectivity index (χ0v) is 24.0. The average molecular weight is 557 g/mol. The van der Waals surface area contributed by atoms with Gasteiger partial charge in [0.15, 0.2) is 6.10 Å². The molecule has 7 heteroatoms. The number of carbonyl (C=O) groups is 2. The van der Waals surface area contributed by atoms with Crippen LogP contribution in [0.4, 0.5) is 11.4 Å². The zero-order valence-electron chi connectivity index (χ0n) is 24.0. The first-order chi connectivity index (χ1) is 20.1. The Morgan fingerprint density at radius 1 is 0.659 bits per heavy atom. The van der Waals surface area contributed by atoms with Crippen molar-refractivity contribution in [2.45, 2.75) is 70.9 Å². The van der Waals surface area contributed by atoms with Crippen molar-refractivity contribution in [3.8, 4) is 11.5 Å². The van der Waals surface area contributed by atoms with Gasteiger partial charge in [0.25, 0.3) is 5.91 Å². The summed E-state index contributed by atoms with van der Waals surface area (Å²) in [7, 11) is 0. The molecule has 2 aliphatic rings. The fraction of sp³-hybridized carbons (Fsp3) is 0.412. The van der Waals surface area contributed by atoms with Crippen LogP contribution in [0, 0.1) is 5.92 Å². The van der Waals surface area contributed by atoms with E-state index in [2.05, 4.69) is 6.92 Å². The Balaban J connectivity index is 1.33. The Labute approximate surface area is 243 Å². The maximum atomic E-state index is 13.9. The van der Waals surface area contributed by atoms with Gasteiger partial charge in [-0.15, -0.1) is 0 Å². The molecule has 2 aliphatic heterocycles. The SMILES string of the molecule is CCCCCCCCOc1ccc(C2C3C(=O)N(c4ccc(OCCC)cc4)C(=O)C3ON2c2ccccc2)cc1. The average Bonchev–Trinajstić information content (AvgIpc) is 3.52. The zero-order chi connectivity index (χ0) is 28.6. The maximum Gasteiger partial charge on any atom is 0.266 e. The Hall–Kier alpha value is -3.84.